The molecule has 0 aliphatic rings. The van der Waals surface area contributed by atoms with Crippen LogP contribution in [0.5, 0.6) is 0 Å². The van der Waals surface area contributed by atoms with Crippen molar-refractivity contribution in [3.8, 4) is 0 Å². The van der Waals surface area contributed by atoms with Crippen LogP contribution in [-0.4, -0.2) is 38.9 Å². The molecule has 5 nitrogen and oxygen atoms in total. The van der Waals surface area contributed by atoms with E-state index in [0.717, 1.165) is 0 Å². The number of hydrogen-bond acceptors (Lipinski definition) is 4. The third kappa shape index (κ3) is 5.29. The number of hydrogen-bond donors (Lipinski definition) is 1. The predicted octanol–water partition coefficient (Wildman–Crippen LogP) is 2.50. The summed E-state index contributed by atoms with van der Waals surface area (Å²) in [6, 6.07) is 15.0. The smallest absolute Gasteiger partial charge is 0.253 e. The Morgan fingerprint density at radius 1 is 1.12 bits per heavy atom. The van der Waals surface area contributed by atoms with Crippen LogP contribution < -0.4 is 5.73 Å². The number of benzene rings is 2. The summed E-state index contributed by atoms with van der Waals surface area (Å²) in [4.78, 5) is 14.1. The van der Waals surface area contributed by atoms with E-state index in [1.165, 1.54) is 17.0 Å². The van der Waals surface area contributed by atoms with Gasteiger partial charge in [0.05, 0.1) is 10.6 Å². The summed E-state index contributed by atoms with van der Waals surface area (Å²) < 4.78 is 25.2. The molecule has 0 radical (unpaired) electrons. The normalized spacial score (nSPS) is 12.1. The maximum atomic E-state index is 12.6. The topological polar surface area (TPSA) is 80.5 Å². The zero-order chi connectivity index (χ0) is 17.7. The lowest BCUT2D eigenvalue weighted by Crippen LogP contribution is -2.39. The first-order valence-electron chi connectivity index (χ1n) is 7.69. The van der Waals surface area contributed by atoms with Gasteiger partial charge in [0.15, 0.2) is 9.84 Å². The molecule has 0 bridgehead atoms. The number of nitrogens with two attached hydrogens (primary N) is 1. The second kappa shape index (κ2) is 8.99. The van der Waals surface area contributed by atoms with Gasteiger partial charge in [-0.15, -0.1) is 12.4 Å². The lowest BCUT2D eigenvalue weighted by Gasteiger charge is -2.23. The van der Waals surface area contributed by atoms with Gasteiger partial charge in [0.25, 0.3) is 5.91 Å². The second-order valence-electron chi connectivity index (χ2n) is 5.77. The molecule has 2 aromatic carbocycles. The van der Waals surface area contributed by atoms with Crippen LogP contribution in [0.1, 0.15) is 22.8 Å². The van der Waals surface area contributed by atoms with Crippen LogP contribution in [0.4, 0.5) is 0 Å². The number of nitrogens with zero attached hydrogens (tertiary/aromatic N) is 1. The van der Waals surface area contributed by atoms with Crippen molar-refractivity contribution < 1.29 is 13.2 Å². The molecule has 7 heteroatoms. The van der Waals surface area contributed by atoms with Crippen molar-refractivity contribution >= 4 is 28.2 Å². The molecule has 1 amide bonds. The van der Waals surface area contributed by atoms with E-state index in [-0.39, 0.29) is 35.0 Å². The van der Waals surface area contributed by atoms with Gasteiger partial charge in [-0.2, -0.15) is 0 Å². The van der Waals surface area contributed by atoms with Crippen molar-refractivity contribution in [3.63, 3.8) is 0 Å². The average Bonchev–Trinajstić information content (AvgIpc) is 2.60. The zero-order valence-electron chi connectivity index (χ0n) is 14.3. The minimum absolute atomic E-state index is 0. The number of rotatable bonds is 6. The summed E-state index contributed by atoms with van der Waals surface area (Å²) in [5.74, 6) is -0.342. The fraction of sp³-hybridized carbons (Fsp3) is 0.278. The van der Waals surface area contributed by atoms with Crippen LogP contribution in [0.2, 0.25) is 0 Å². The monoisotopic (exact) mass is 382 g/mol. The fourth-order valence-electron chi connectivity index (χ4n) is 2.26. The minimum Gasteiger partial charge on any atom is -0.338 e. The van der Waals surface area contributed by atoms with Crippen molar-refractivity contribution in [1.29, 1.82) is 0 Å². The van der Waals surface area contributed by atoms with E-state index in [4.69, 9.17) is 5.73 Å². The Morgan fingerprint density at radius 2 is 1.76 bits per heavy atom. The number of amides is 1. The van der Waals surface area contributed by atoms with Gasteiger partial charge in [-0.05, 0) is 30.7 Å². The molecule has 0 aliphatic carbocycles. The standard InChI is InChI=1S/C18H22N2O3S.ClH/c1-14(12-19)20(2)18(21)16-9-6-10-17(11-16)24(22,23)13-15-7-4-3-5-8-15;/h3-11,14H,12-13,19H2,1-2H3;1H. The van der Waals surface area contributed by atoms with Gasteiger partial charge in [0.2, 0.25) is 0 Å². The predicted molar refractivity (Wildman–Crippen MR) is 102 cm³/mol. The van der Waals surface area contributed by atoms with Crippen LogP contribution in [0.15, 0.2) is 59.5 Å². The molecule has 1 unspecified atom stereocenters. The van der Waals surface area contributed by atoms with Gasteiger partial charge in [-0.1, -0.05) is 36.4 Å². The van der Waals surface area contributed by atoms with E-state index >= 15 is 0 Å². The second-order valence-corrected chi connectivity index (χ2v) is 7.76. The molecular formula is C18H23ClN2O3S. The molecule has 0 aliphatic heterocycles. The molecule has 25 heavy (non-hydrogen) atoms. The first-order valence-corrected chi connectivity index (χ1v) is 9.34. The first kappa shape index (κ1) is 21.2. The highest BCUT2D eigenvalue weighted by Gasteiger charge is 2.20. The Balaban J connectivity index is 0.00000312. The van der Waals surface area contributed by atoms with Crippen LogP contribution in [-0.2, 0) is 15.6 Å². The quantitative estimate of drug-likeness (QED) is 0.832. The molecule has 0 saturated heterocycles. The summed E-state index contributed by atoms with van der Waals surface area (Å²) in [5, 5.41) is 0. The maximum Gasteiger partial charge on any atom is 0.253 e. The maximum absolute atomic E-state index is 12.6. The molecule has 2 aromatic rings. The molecule has 1 atom stereocenters. The van der Waals surface area contributed by atoms with Crippen molar-refractivity contribution in [2.75, 3.05) is 13.6 Å². The van der Waals surface area contributed by atoms with E-state index < -0.39 is 9.84 Å². The van der Waals surface area contributed by atoms with Gasteiger partial charge in [0, 0.05) is 25.2 Å². The van der Waals surface area contributed by atoms with Crippen LogP contribution >= 0.6 is 12.4 Å². The molecular weight excluding hydrogens is 360 g/mol. The number of likely N-dealkylation sites (N-methyl/N-ethyl adjacent to an activating group) is 1. The van der Waals surface area contributed by atoms with Crippen molar-refractivity contribution in [2.24, 2.45) is 5.73 Å². The molecule has 0 saturated carbocycles. The highest BCUT2D eigenvalue weighted by Crippen LogP contribution is 2.19. The van der Waals surface area contributed by atoms with Crippen LogP contribution in [0.3, 0.4) is 0 Å². The highest BCUT2D eigenvalue weighted by molar-refractivity contribution is 7.90. The minimum atomic E-state index is -3.52. The zero-order valence-corrected chi connectivity index (χ0v) is 15.9. The number of carbonyl (C=O) groups excluding carboxylic acids is 1. The van der Waals surface area contributed by atoms with Gasteiger partial charge < -0.3 is 10.6 Å². The van der Waals surface area contributed by atoms with E-state index in [1.807, 2.05) is 13.0 Å². The number of sulfone groups is 1. The van der Waals surface area contributed by atoms with Crippen LogP contribution in [0.25, 0.3) is 0 Å². The van der Waals surface area contributed by atoms with Crippen molar-refractivity contribution in [1.82, 2.24) is 4.90 Å². The average molecular weight is 383 g/mol. The molecule has 0 heterocycles. The summed E-state index contributed by atoms with van der Waals surface area (Å²) in [6.45, 7) is 2.18. The Labute approximate surface area is 155 Å². The summed E-state index contributed by atoms with van der Waals surface area (Å²) >= 11 is 0. The lowest BCUT2D eigenvalue weighted by atomic mass is 10.2. The highest BCUT2D eigenvalue weighted by atomic mass is 35.5. The largest absolute Gasteiger partial charge is 0.338 e. The molecule has 0 fully saturated rings. The number of carbonyl (C=O) groups is 1. The first-order chi connectivity index (χ1) is 11.3. The Bertz CT molecular complexity index is 810. The molecule has 0 spiro atoms. The van der Waals surface area contributed by atoms with Gasteiger partial charge >= 0.3 is 0 Å². The van der Waals surface area contributed by atoms with E-state index in [2.05, 4.69) is 0 Å². The fourth-order valence-corrected chi connectivity index (χ4v) is 3.65. The van der Waals surface area contributed by atoms with Gasteiger partial charge in [-0.25, -0.2) is 8.42 Å². The van der Waals surface area contributed by atoms with Crippen molar-refractivity contribution in [2.45, 2.75) is 23.6 Å². The molecule has 136 valence electrons. The van der Waals surface area contributed by atoms with E-state index in [1.54, 1.807) is 43.4 Å². The third-order valence-electron chi connectivity index (χ3n) is 3.96. The summed E-state index contributed by atoms with van der Waals surface area (Å²) in [5.41, 5.74) is 6.64. The van der Waals surface area contributed by atoms with Crippen molar-refractivity contribution in [3.05, 3.63) is 65.7 Å². The Hall–Kier alpha value is -1.89. The van der Waals surface area contributed by atoms with E-state index in [0.29, 0.717) is 17.7 Å². The number of halogens is 1. The summed E-state index contributed by atoms with van der Waals surface area (Å²) in [6.07, 6.45) is 0. The van der Waals surface area contributed by atoms with Gasteiger partial charge in [0.1, 0.15) is 0 Å². The van der Waals surface area contributed by atoms with Crippen LogP contribution in [0, 0.1) is 0 Å². The molecule has 2 N–H and O–H groups in total. The summed E-state index contributed by atoms with van der Waals surface area (Å²) in [7, 11) is -1.86. The third-order valence-corrected chi connectivity index (χ3v) is 5.65. The lowest BCUT2D eigenvalue weighted by molar-refractivity contribution is 0.0748. The van der Waals surface area contributed by atoms with E-state index in [9.17, 15) is 13.2 Å². The molecule has 2 rings (SSSR count). The SMILES string of the molecule is CC(CN)N(C)C(=O)c1cccc(S(=O)(=O)Cc2ccccc2)c1.Cl. The molecule has 0 aromatic heterocycles. The Kier molecular flexibility index (Phi) is 7.60. The Morgan fingerprint density at radius 3 is 2.36 bits per heavy atom. The van der Waals surface area contributed by atoms with Gasteiger partial charge in [-0.3, -0.25) is 4.79 Å².